The molecule has 27 heavy (non-hydrogen) atoms. The number of carbonyl (C=O) groups is 1. The number of thiophene rings is 1. The SMILES string of the molecule is COc1ccc(OC)c(C(C)NC(=O)CCc2nnc(-c3ccsc3)o2)c1. The lowest BCUT2D eigenvalue weighted by atomic mass is 10.1. The molecule has 0 radical (unpaired) electrons. The minimum Gasteiger partial charge on any atom is -0.497 e. The Morgan fingerprint density at radius 1 is 1.26 bits per heavy atom. The molecule has 0 fully saturated rings. The molecule has 1 amide bonds. The summed E-state index contributed by atoms with van der Waals surface area (Å²) in [6.45, 7) is 1.90. The van der Waals surface area contributed by atoms with Gasteiger partial charge in [0.2, 0.25) is 17.7 Å². The summed E-state index contributed by atoms with van der Waals surface area (Å²) in [5.41, 5.74) is 1.74. The van der Waals surface area contributed by atoms with Gasteiger partial charge in [0.25, 0.3) is 0 Å². The summed E-state index contributed by atoms with van der Waals surface area (Å²) in [7, 11) is 3.20. The highest BCUT2D eigenvalue weighted by Gasteiger charge is 2.16. The summed E-state index contributed by atoms with van der Waals surface area (Å²) < 4.78 is 16.2. The highest BCUT2D eigenvalue weighted by Crippen LogP contribution is 2.29. The van der Waals surface area contributed by atoms with Crippen LogP contribution in [0, 0.1) is 0 Å². The number of hydrogen-bond donors (Lipinski definition) is 1. The van der Waals surface area contributed by atoms with Crippen molar-refractivity contribution < 1.29 is 18.7 Å². The maximum atomic E-state index is 12.3. The number of aryl methyl sites for hydroxylation is 1. The fraction of sp³-hybridized carbons (Fsp3) is 0.316. The van der Waals surface area contributed by atoms with Crippen molar-refractivity contribution in [1.82, 2.24) is 15.5 Å². The van der Waals surface area contributed by atoms with Crippen LogP contribution >= 0.6 is 11.3 Å². The lowest BCUT2D eigenvalue weighted by Gasteiger charge is -2.18. The van der Waals surface area contributed by atoms with E-state index in [4.69, 9.17) is 13.9 Å². The van der Waals surface area contributed by atoms with E-state index in [1.807, 2.05) is 41.9 Å². The Hall–Kier alpha value is -2.87. The molecule has 8 heteroatoms. The topological polar surface area (TPSA) is 86.5 Å². The van der Waals surface area contributed by atoms with Gasteiger partial charge in [-0.3, -0.25) is 4.79 Å². The average Bonchev–Trinajstić information content (AvgIpc) is 3.37. The van der Waals surface area contributed by atoms with Crippen LogP contribution in [0.5, 0.6) is 11.5 Å². The van der Waals surface area contributed by atoms with E-state index in [9.17, 15) is 4.79 Å². The molecule has 0 aliphatic carbocycles. The average molecular weight is 387 g/mol. The fourth-order valence-corrected chi connectivity index (χ4v) is 3.28. The smallest absolute Gasteiger partial charge is 0.248 e. The minimum absolute atomic E-state index is 0.109. The van der Waals surface area contributed by atoms with Gasteiger partial charge in [-0.15, -0.1) is 10.2 Å². The second kappa shape index (κ2) is 8.68. The molecule has 3 aromatic rings. The van der Waals surface area contributed by atoms with Crippen LogP contribution in [0.25, 0.3) is 11.5 Å². The first-order valence-corrected chi connectivity index (χ1v) is 9.41. The van der Waals surface area contributed by atoms with Crippen molar-refractivity contribution >= 4 is 17.2 Å². The zero-order valence-electron chi connectivity index (χ0n) is 15.4. The van der Waals surface area contributed by atoms with Crippen LogP contribution in [0.15, 0.2) is 39.4 Å². The normalized spacial score (nSPS) is 11.8. The quantitative estimate of drug-likeness (QED) is 0.635. The van der Waals surface area contributed by atoms with Crippen LogP contribution < -0.4 is 14.8 Å². The molecule has 7 nitrogen and oxygen atoms in total. The number of methoxy groups -OCH3 is 2. The van der Waals surface area contributed by atoms with Gasteiger partial charge in [-0.2, -0.15) is 11.3 Å². The summed E-state index contributed by atoms with van der Waals surface area (Å²) in [5, 5.41) is 14.9. The number of nitrogens with zero attached hydrogens (tertiary/aromatic N) is 2. The van der Waals surface area contributed by atoms with Gasteiger partial charge < -0.3 is 19.2 Å². The standard InChI is InChI=1S/C19H21N3O4S/c1-12(15-10-14(24-2)4-5-16(15)25-3)20-17(23)6-7-18-21-22-19(26-18)13-8-9-27-11-13/h4-5,8-12H,6-7H2,1-3H3,(H,20,23). The molecular weight excluding hydrogens is 366 g/mol. The van der Waals surface area contributed by atoms with Crippen LogP contribution in [0.3, 0.4) is 0 Å². The van der Waals surface area contributed by atoms with Gasteiger partial charge in [0.05, 0.1) is 20.3 Å². The molecule has 2 aromatic heterocycles. The molecule has 3 rings (SSSR count). The van der Waals surface area contributed by atoms with Gasteiger partial charge in [-0.1, -0.05) is 0 Å². The third kappa shape index (κ3) is 4.65. The Balaban J connectivity index is 1.58. The number of benzene rings is 1. The maximum absolute atomic E-state index is 12.3. The van der Waals surface area contributed by atoms with Crippen molar-refractivity contribution in [3.05, 3.63) is 46.5 Å². The van der Waals surface area contributed by atoms with Crippen molar-refractivity contribution in [3.63, 3.8) is 0 Å². The third-order valence-electron chi connectivity index (χ3n) is 4.08. The van der Waals surface area contributed by atoms with Crippen molar-refractivity contribution in [2.45, 2.75) is 25.8 Å². The van der Waals surface area contributed by atoms with E-state index >= 15 is 0 Å². The second-order valence-electron chi connectivity index (χ2n) is 5.91. The molecule has 2 heterocycles. The molecule has 0 spiro atoms. The Labute approximate surface area is 161 Å². The zero-order chi connectivity index (χ0) is 19.2. The number of amides is 1. The summed E-state index contributed by atoms with van der Waals surface area (Å²) >= 11 is 1.56. The van der Waals surface area contributed by atoms with Crippen LogP contribution in [-0.4, -0.2) is 30.3 Å². The summed E-state index contributed by atoms with van der Waals surface area (Å²) in [6, 6.07) is 7.18. The predicted molar refractivity (Wildman–Crippen MR) is 102 cm³/mol. The highest BCUT2D eigenvalue weighted by atomic mass is 32.1. The van der Waals surface area contributed by atoms with Crippen molar-refractivity contribution in [1.29, 1.82) is 0 Å². The molecule has 0 aliphatic heterocycles. The Bertz CT molecular complexity index is 892. The highest BCUT2D eigenvalue weighted by molar-refractivity contribution is 7.08. The van der Waals surface area contributed by atoms with E-state index in [2.05, 4.69) is 15.5 Å². The number of carbonyl (C=O) groups excluding carboxylic acids is 1. The zero-order valence-corrected chi connectivity index (χ0v) is 16.2. The number of aromatic nitrogens is 2. The fourth-order valence-electron chi connectivity index (χ4n) is 2.65. The summed E-state index contributed by atoms with van der Waals surface area (Å²) in [6.07, 6.45) is 0.632. The molecular formula is C19H21N3O4S. The van der Waals surface area contributed by atoms with E-state index in [-0.39, 0.29) is 18.4 Å². The van der Waals surface area contributed by atoms with Crippen molar-refractivity contribution in [2.75, 3.05) is 14.2 Å². The lowest BCUT2D eigenvalue weighted by Crippen LogP contribution is -2.27. The van der Waals surface area contributed by atoms with Crippen molar-refractivity contribution in [3.8, 4) is 23.0 Å². The monoisotopic (exact) mass is 387 g/mol. The number of hydrogen-bond acceptors (Lipinski definition) is 7. The lowest BCUT2D eigenvalue weighted by molar-refractivity contribution is -0.121. The Morgan fingerprint density at radius 2 is 2.11 bits per heavy atom. The second-order valence-corrected chi connectivity index (χ2v) is 6.69. The van der Waals surface area contributed by atoms with Gasteiger partial charge >= 0.3 is 0 Å². The minimum atomic E-state index is -0.230. The van der Waals surface area contributed by atoms with Gasteiger partial charge in [0, 0.05) is 29.3 Å². The number of nitrogens with one attached hydrogen (secondary N) is 1. The van der Waals surface area contributed by atoms with E-state index in [1.54, 1.807) is 25.6 Å². The van der Waals surface area contributed by atoms with Gasteiger partial charge in [-0.25, -0.2) is 0 Å². The number of rotatable bonds is 8. The van der Waals surface area contributed by atoms with Crippen molar-refractivity contribution in [2.24, 2.45) is 0 Å². The largest absolute Gasteiger partial charge is 0.497 e. The molecule has 1 unspecified atom stereocenters. The van der Waals surface area contributed by atoms with Gasteiger partial charge in [0.15, 0.2) is 0 Å². The van der Waals surface area contributed by atoms with Crippen LogP contribution in [-0.2, 0) is 11.2 Å². The molecule has 0 aliphatic rings. The van der Waals surface area contributed by atoms with E-state index in [0.29, 0.717) is 29.7 Å². The third-order valence-corrected chi connectivity index (χ3v) is 4.77. The first kappa shape index (κ1) is 18.9. The van der Waals surface area contributed by atoms with Crippen LogP contribution in [0.4, 0.5) is 0 Å². The van der Waals surface area contributed by atoms with Gasteiger partial charge in [0.1, 0.15) is 11.5 Å². The molecule has 1 N–H and O–H groups in total. The number of ether oxygens (including phenoxy) is 2. The summed E-state index contributed by atoms with van der Waals surface area (Å²) in [5.74, 6) is 2.21. The molecule has 1 atom stereocenters. The summed E-state index contributed by atoms with van der Waals surface area (Å²) in [4.78, 5) is 12.3. The Kier molecular flexibility index (Phi) is 6.08. The van der Waals surface area contributed by atoms with Crippen LogP contribution in [0.2, 0.25) is 0 Å². The maximum Gasteiger partial charge on any atom is 0.248 e. The Morgan fingerprint density at radius 3 is 2.81 bits per heavy atom. The molecule has 1 aromatic carbocycles. The predicted octanol–water partition coefficient (Wildman–Crippen LogP) is 3.63. The van der Waals surface area contributed by atoms with E-state index < -0.39 is 0 Å². The first-order valence-electron chi connectivity index (χ1n) is 8.47. The van der Waals surface area contributed by atoms with Gasteiger partial charge in [-0.05, 0) is 36.6 Å². The molecule has 0 saturated heterocycles. The molecule has 142 valence electrons. The van der Waals surface area contributed by atoms with E-state index in [0.717, 1.165) is 11.1 Å². The molecule has 0 saturated carbocycles. The van der Waals surface area contributed by atoms with Crippen LogP contribution in [0.1, 0.15) is 30.8 Å². The molecule has 0 bridgehead atoms. The first-order chi connectivity index (χ1) is 13.1. The van der Waals surface area contributed by atoms with E-state index in [1.165, 1.54) is 0 Å².